The average Bonchev–Trinajstić information content (AvgIpc) is 2.15. The number of hydrogen-bond acceptors (Lipinski definition) is 2. The molecule has 0 aliphatic heterocycles. The van der Waals surface area contributed by atoms with E-state index in [1.807, 2.05) is 17.0 Å². The molecule has 0 saturated carbocycles. The van der Waals surface area contributed by atoms with Crippen LogP contribution in [-0.4, -0.2) is 10.3 Å². The van der Waals surface area contributed by atoms with E-state index in [-0.39, 0.29) is 10.8 Å². The van der Waals surface area contributed by atoms with Gasteiger partial charge in [0, 0.05) is 31.1 Å². The highest BCUT2D eigenvalue weighted by Gasteiger charge is 2.23. The molecular weight excluding hydrogens is 206 g/mol. The molecule has 0 amide bonds. The molecule has 0 N–H and O–H groups in total. The van der Waals surface area contributed by atoms with Gasteiger partial charge in [-0.1, -0.05) is 20.8 Å². The Morgan fingerprint density at radius 2 is 1.87 bits per heavy atom. The Labute approximate surface area is 96.7 Å². The lowest BCUT2D eigenvalue weighted by atomic mass is 9.82. The highest BCUT2D eigenvalue weighted by atomic mass is 32.1. The van der Waals surface area contributed by atoms with Crippen molar-refractivity contribution in [3.05, 3.63) is 34.7 Å². The minimum absolute atomic E-state index is 0.0597. The summed E-state index contributed by atoms with van der Waals surface area (Å²) in [7, 11) is 0. The van der Waals surface area contributed by atoms with Gasteiger partial charge in [-0.2, -0.15) is 12.6 Å². The van der Waals surface area contributed by atoms with E-state index in [0.29, 0.717) is 5.92 Å². The largest absolute Gasteiger partial charge is 0.354 e. The second-order valence-corrected chi connectivity index (χ2v) is 5.34. The maximum absolute atomic E-state index is 10.9. The molecule has 0 aromatic carbocycles. The van der Waals surface area contributed by atoms with Gasteiger partial charge in [-0.25, -0.2) is 0 Å². The fourth-order valence-electron chi connectivity index (χ4n) is 1.43. The predicted molar refractivity (Wildman–Crippen MR) is 67.5 cm³/mol. The van der Waals surface area contributed by atoms with Crippen LogP contribution in [-0.2, 0) is 6.54 Å². The van der Waals surface area contributed by atoms with Crippen LogP contribution in [0.25, 0.3) is 0 Å². The van der Waals surface area contributed by atoms with Gasteiger partial charge in [0.15, 0.2) is 5.43 Å². The number of thiol groups is 1. The Morgan fingerprint density at radius 1 is 1.33 bits per heavy atom. The van der Waals surface area contributed by atoms with E-state index < -0.39 is 0 Å². The van der Waals surface area contributed by atoms with Crippen molar-refractivity contribution >= 4 is 12.6 Å². The molecule has 84 valence electrons. The summed E-state index contributed by atoms with van der Waals surface area (Å²) in [5, 5.41) is 0. The van der Waals surface area contributed by atoms with Crippen molar-refractivity contribution < 1.29 is 0 Å². The summed E-state index contributed by atoms with van der Waals surface area (Å²) in [6, 6.07) is 3.19. The first kappa shape index (κ1) is 12.4. The zero-order valence-corrected chi connectivity index (χ0v) is 10.5. The zero-order chi connectivity index (χ0) is 11.5. The number of aromatic nitrogens is 1. The van der Waals surface area contributed by atoms with E-state index in [9.17, 15) is 4.79 Å². The van der Waals surface area contributed by atoms with Gasteiger partial charge < -0.3 is 4.57 Å². The minimum Gasteiger partial charge on any atom is -0.354 e. The van der Waals surface area contributed by atoms with E-state index >= 15 is 0 Å². The highest BCUT2D eigenvalue weighted by Crippen LogP contribution is 2.28. The lowest BCUT2D eigenvalue weighted by Crippen LogP contribution is -2.27. The van der Waals surface area contributed by atoms with Gasteiger partial charge in [0.1, 0.15) is 0 Å². The molecular formula is C12H19NOS. The molecule has 3 heteroatoms. The van der Waals surface area contributed by atoms with Crippen LogP contribution in [0, 0.1) is 11.3 Å². The topological polar surface area (TPSA) is 22.0 Å². The Balaban J connectivity index is 2.76. The molecule has 0 aliphatic carbocycles. The van der Waals surface area contributed by atoms with Gasteiger partial charge in [0.05, 0.1) is 0 Å². The first-order valence-electron chi connectivity index (χ1n) is 5.20. The summed E-state index contributed by atoms with van der Waals surface area (Å²) in [6.45, 7) is 7.57. The summed E-state index contributed by atoms with van der Waals surface area (Å²) in [4.78, 5) is 10.9. The predicted octanol–water partition coefficient (Wildman–Crippen LogP) is 2.44. The second-order valence-electron chi connectivity index (χ2n) is 4.98. The Hall–Kier alpha value is -0.700. The second kappa shape index (κ2) is 4.88. The van der Waals surface area contributed by atoms with Crippen LogP contribution < -0.4 is 5.43 Å². The lowest BCUT2D eigenvalue weighted by Gasteiger charge is -2.30. The molecule has 1 atom stereocenters. The SMILES string of the molecule is CC(C)(C)C(CS)Cn1ccc(=O)cc1. The molecule has 1 aromatic rings. The summed E-state index contributed by atoms with van der Waals surface area (Å²) < 4.78 is 2.05. The van der Waals surface area contributed by atoms with Gasteiger partial charge in [0.25, 0.3) is 0 Å². The zero-order valence-electron chi connectivity index (χ0n) is 9.60. The molecule has 0 bridgehead atoms. The molecule has 0 spiro atoms. The van der Waals surface area contributed by atoms with Crippen LogP contribution >= 0.6 is 12.6 Å². The van der Waals surface area contributed by atoms with Crippen LogP contribution in [0.1, 0.15) is 20.8 Å². The molecule has 15 heavy (non-hydrogen) atoms. The van der Waals surface area contributed by atoms with Crippen molar-refractivity contribution in [2.75, 3.05) is 5.75 Å². The van der Waals surface area contributed by atoms with Crippen molar-refractivity contribution in [1.29, 1.82) is 0 Å². The fraction of sp³-hybridized carbons (Fsp3) is 0.583. The van der Waals surface area contributed by atoms with Gasteiger partial charge in [-0.05, 0) is 17.1 Å². The highest BCUT2D eigenvalue weighted by molar-refractivity contribution is 7.80. The standard InChI is InChI=1S/C12H19NOS/c1-12(2,3)10(9-15)8-13-6-4-11(14)5-7-13/h4-7,10,15H,8-9H2,1-3H3. The molecule has 0 saturated heterocycles. The van der Waals surface area contributed by atoms with E-state index in [1.54, 1.807) is 12.1 Å². The van der Waals surface area contributed by atoms with E-state index in [1.165, 1.54) is 0 Å². The molecule has 1 heterocycles. The van der Waals surface area contributed by atoms with Gasteiger partial charge in [-0.3, -0.25) is 4.79 Å². The normalized spacial score (nSPS) is 13.9. The molecule has 2 nitrogen and oxygen atoms in total. The Bertz CT molecular complexity index is 344. The molecule has 0 radical (unpaired) electrons. The maximum Gasteiger partial charge on any atom is 0.181 e. The molecule has 0 aliphatic rings. The first-order valence-corrected chi connectivity index (χ1v) is 5.83. The monoisotopic (exact) mass is 225 g/mol. The van der Waals surface area contributed by atoms with Crippen molar-refractivity contribution in [2.45, 2.75) is 27.3 Å². The third-order valence-corrected chi connectivity index (χ3v) is 3.18. The third kappa shape index (κ3) is 3.74. The molecule has 1 aromatic heterocycles. The molecule has 1 unspecified atom stereocenters. The summed E-state index contributed by atoms with van der Waals surface area (Å²) in [5.74, 6) is 1.36. The van der Waals surface area contributed by atoms with Gasteiger partial charge in [0.2, 0.25) is 0 Å². The summed E-state index contributed by atoms with van der Waals surface area (Å²) >= 11 is 4.38. The molecule has 0 fully saturated rings. The van der Waals surface area contributed by atoms with Crippen LogP contribution in [0.2, 0.25) is 0 Å². The van der Waals surface area contributed by atoms with E-state index in [2.05, 4.69) is 33.4 Å². The van der Waals surface area contributed by atoms with Gasteiger partial charge in [-0.15, -0.1) is 0 Å². The number of hydrogen-bond donors (Lipinski definition) is 1. The number of rotatable bonds is 3. The van der Waals surface area contributed by atoms with Crippen molar-refractivity contribution in [1.82, 2.24) is 4.57 Å². The Morgan fingerprint density at radius 3 is 2.27 bits per heavy atom. The van der Waals surface area contributed by atoms with Crippen LogP contribution in [0.4, 0.5) is 0 Å². The van der Waals surface area contributed by atoms with Crippen molar-refractivity contribution in [3.8, 4) is 0 Å². The van der Waals surface area contributed by atoms with E-state index in [4.69, 9.17) is 0 Å². The first-order chi connectivity index (χ1) is 6.93. The van der Waals surface area contributed by atoms with Crippen molar-refractivity contribution in [3.63, 3.8) is 0 Å². The Kier molecular flexibility index (Phi) is 4.03. The quantitative estimate of drug-likeness (QED) is 0.784. The number of pyridine rings is 1. The average molecular weight is 225 g/mol. The maximum atomic E-state index is 10.9. The van der Waals surface area contributed by atoms with Crippen LogP contribution in [0.3, 0.4) is 0 Å². The van der Waals surface area contributed by atoms with Crippen LogP contribution in [0.15, 0.2) is 29.3 Å². The lowest BCUT2D eigenvalue weighted by molar-refractivity contribution is 0.238. The summed E-state index contributed by atoms with van der Waals surface area (Å²) in [5.41, 5.74) is 0.301. The third-order valence-electron chi connectivity index (χ3n) is 2.74. The fourth-order valence-corrected chi connectivity index (χ4v) is 2.09. The molecule has 1 rings (SSSR count). The summed E-state index contributed by atoms with van der Waals surface area (Å²) in [6.07, 6.45) is 3.68. The minimum atomic E-state index is 0.0597. The van der Waals surface area contributed by atoms with E-state index in [0.717, 1.165) is 12.3 Å². The van der Waals surface area contributed by atoms with Crippen molar-refractivity contribution in [2.24, 2.45) is 11.3 Å². The smallest absolute Gasteiger partial charge is 0.181 e. The number of nitrogens with zero attached hydrogens (tertiary/aromatic N) is 1. The van der Waals surface area contributed by atoms with Gasteiger partial charge >= 0.3 is 0 Å². The van der Waals surface area contributed by atoms with Crippen LogP contribution in [0.5, 0.6) is 0 Å².